The maximum absolute atomic E-state index is 13.3. The predicted octanol–water partition coefficient (Wildman–Crippen LogP) is 4.31. The van der Waals surface area contributed by atoms with Gasteiger partial charge in [0.25, 0.3) is 5.91 Å². The van der Waals surface area contributed by atoms with E-state index in [0.29, 0.717) is 30.9 Å². The van der Waals surface area contributed by atoms with Gasteiger partial charge in [-0.1, -0.05) is 54.6 Å². The monoisotopic (exact) mass is 478 g/mol. The highest BCUT2D eigenvalue weighted by atomic mass is 16.5. The maximum Gasteiger partial charge on any atom is 0.257 e. The van der Waals surface area contributed by atoms with Crippen molar-refractivity contribution in [3.8, 4) is 17.1 Å². The molecular weight excluding hydrogens is 452 g/mol. The Morgan fingerprint density at radius 1 is 0.833 bits per heavy atom. The van der Waals surface area contributed by atoms with Crippen LogP contribution in [-0.4, -0.2) is 63.7 Å². The van der Waals surface area contributed by atoms with Crippen LogP contribution in [0.25, 0.3) is 27.9 Å². The third-order valence-corrected chi connectivity index (χ3v) is 6.66. The average Bonchev–Trinajstić information content (AvgIpc) is 3.24. The first-order valence-corrected chi connectivity index (χ1v) is 12.1. The van der Waals surface area contributed by atoms with E-state index in [1.165, 1.54) is 0 Å². The van der Waals surface area contributed by atoms with Gasteiger partial charge in [0.15, 0.2) is 11.5 Å². The molecule has 5 aromatic rings. The summed E-state index contributed by atoms with van der Waals surface area (Å²) in [6.07, 6.45) is 0.819. The van der Waals surface area contributed by atoms with E-state index in [-0.39, 0.29) is 5.91 Å². The van der Waals surface area contributed by atoms with Gasteiger partial charge in [0.1, 0.15) is 5.75 Å². The van der Waals surface area contributed by atoms with Crippen molar-refractivity contribution in [2.24, 2.45) is 0 Å². The first-order valence-electron chi connectivity index (χ1n) is 12.1. The van der Waals surface area contributed by atoms with Gasteiger partial charge in [0, 0.05) is 37.1 Å². The van der Waals surface area contributed by atoms with E-state index in [4.69, 9.17) is 9.72 Å². The molecule has 36 heavy (non-hydrogen) atoms. The van der Waals surface area contributed by atoms with E-state index in [1.54, 1.807) is 7.11 Å². The van der Waals surface area contributed by atoms with Gasteiger partial charge in [0.2, 0.25) is 5.95 Å². The number of fused-ring (bicyclic) bond motifs is 3. The fraction of sp³-hybridized carbons (Fsp3) is 0.214. The second-order valence-electron chi connectivity index (χ2n) is 8.81. The van der Waals surface area contributed by atoms with Gasteiger partial charge < -0.3 is 14.5 Å². The number of para-hydroxylation sites is 2. The van der Waals surface area contributed by atoms with Crippen molar-refractivity contribution in [2.75, 3.05) is 38.2 Å². The number of hydrogen-bond donors (Lipinski definition) is 0. The van der Waals surface area contributed by atoms with Crippen molar-refractivity contribution >= 4 is 28.4 Å². The van der Waals surface area contributed by atoms with E-state index in [2.05, 4.69) is 19.5 Å². The molecule has 1 fully saturated rings. The lowest BCUT2D eigenvalue weighted by molar-refractivity contribution is 0.0763. The van der Waals surface area contributed by atoms with Crippen LogP contribution in [0, 0.1) is 0 Å². The molecule has 0 bridgehead atoms. The van der Waals surface area contributed by atoms with E-state index in [1.807, 2.05) is 83.8 Å². The molecule has 0 aliphatic carbocycles. The molecule has 0 atom stereocenters. The molecule has 1 aliphatic heterocycles. The summed E-state index contributed by atoms with van der Waals surface area (Å²) in [5.74, 6) is 2.13. The van der Waals surface area contributed by atoms with E-state index in [9.17, 15) is 4.79 Å². The van der Waals surface area contributed by atoms with Gasteiger partial charge in [-0.15, -0.1) is 10.2 Å². The van der Waals surface area contributed by atoms with Crippen LogP contribution in [-0.2, 0) is 0 Å². The third kappa shape index (κ3) is 3.80. The zero-order valence-electron chi connectivity index (χ0n) is 20.0. The SMILES string of the molecule is COc1ccccc1C(=O)N1CCCN(c2nc3ccccc3c3nnc(-c4ccccc4)n23)CC1. The fourth-order valence-electron chi connectivity index (χ4n) is 4.86. The molecule has 0 N–H and O–H groups in total. The summed E-state index contributed by atoms with van der Waals surface area (Å²) >= 11 is 0. The highest BCUT2D eigenvalue weighted by Crippen LogP contribution is 2.29. The number of methoxy groups -OCH3 is 1. The van der Waals surface area contributed by atoms with Crippen LogP contribution in [0.3, 0.4) is 0 Å². The molecule has 1 aliphatic rings. The number of aromatic nitrogens is 4. The maximum atomic E-state index is 13.3. The minimum Gasteiger partial charge on any atom is -0.496 e. The molecule has 0 unspecified atom stereocenters. The Hall–Kier alpha value is -4.46. The standard InChI is InChI=1S/C28H26N6O2/c1-36-24-15-8-6-13-22(24)27(35)32-16-9-17-33(19-18-32)28-29-23-14-7-5-12-21(23)26-31-30-25(34(26)28)20-10-3-2-4-11-20/h2-8,10-15H,9,16-19H2,1H3. The lowest BCUT2D eigenvalue weighted by atomic mass is 10.1. The third-order valence-electron chi connectivity index (χ3n) is 6.66. The molecule has 3 heterocycles. The second kappa shape index (κ2) is 9.30. The van der Waals surface area contributed by atoms with Crippen LogP contribution in [0.4, 0.5) is 5.95 Å². The van der Waals surface area contributed by atoms with Crippen molar-refractivity contribution in [2.45, 2.75) is 6.42 Å². The van der Waals surface area contributed by atoms with Crippen LogP contribution in [0.1, 0.15) is 16.8 Å². The number of nitrogens with zero attached hydrogens (tertiary/aromatic N) is 6. The molecule has 3 aromatic carbocycles. The topological polar surface area (TPSA) is 75.9 Å². The fourth-order valence-corrected chi connectivity index (χ4v) is 4.86. The Labute approximate surface area is 208 Å². The normalized spacial score (nSPS) is 14.2. The number of ether oxygens (including phenoxy) is 1. The molecule has 1 saturated heterocycles. The summed E-state index contributed by atoms with van der Waals surface area (Å²) in [5.41, 5.74) is 3.22. The number of amides is 1. The Morgan fingerprint density at radius 3 is 2.47 bits per heavy atom. The Morgan fingerprint density at radius 2 is 1.61 bits per heavy atom. The average molecular weight is 479 g/mol. The quantitative estimate of drug-likeness (QED) is 0.383. The van der Waals surface area contributed by atoms with Gasteiger partial charge in [-0.2, -0.15) is 0 Å². The van der Waals surface area contributed by atoms with Crippen molar-refractivity contribution < 1.29 is 9.53 Å². The summed E-state index contributed by atoms with van der Waals surface area (Å²) in [7, 11) is 1.59. The highest BCUT2D eigenvalue weighted by Gasteiger charge is 2.26. The molecule has 8 nitrogen and oxygen atoms in total. The molecule has 180 valence electrons. The van der Waals surface area contributed by atoms with Crippen LogP contribution in [0.15, 0.2) is 78.9 Å². The van der Waals surface area contributed by atoms with Crippen molar-refractivity contribution in [3.63, 3.8) is 0 Å². The number of anilines is 1. The zero-order valence-corrected chi connectivity index (χ0v) is 20.0. The Kier molecular flexibility index (Phi) is 5.69. The smallest absolute Gasteiger partial charge is 0.257 e. The Bertz CT molecular complexity index is 1550. The zero-order chi connectivity index (χ0) is 24.5. The van der Waals surface area contributed by atoms with Crippen LogP contribution >= 0.6 is 0 Å². The van der Waals surface area contributed by atoms with E-state index in [0.717, 1.165) is 46.9 Å². The first-order chi connectivity index (χ1) is 17.7. The number of hydrogen-bond acceptors (Lipinski definition) is 6. The number of carbonyl (C=O) groups excluding carboxylic acids is 1. The number of rotatable bonds is 4. The molecule has 8 heteroatoms. The second-order valence-corrected chi connectivity index (χ2v) is 8.81. The predicted molar refractivity (Wildman–Crippen MR) is 139 cm³/mol. The van der Waals surface area contributed by atoms with Crippen LogP contribution in [0.5, 0.6) is 5.75 Å². The Balaban J connectivity index is 1.39. The molecule has 0 saturated carbocycles. The van der Waals surface area contributed by atoms with Gasteiger partial charge in [-0.25, -0.2) is 9.38 Å². The van der Waals surface area contributed by atoms with Crippen molar-refractivity contribution in [3.05, 3.63) is 84.4 Å². The van der Waals surface area contributed by atoms with E-state index < -0.39 is 0 Å². The largest absolute Gasteiger partial charge is 0.496 e. The van der Waals surface area contributed by atoms with Gasteiger partial charge in [-0.05, 0) is 30.7 Å². The highest BCUT2D eigenvalue weighted by molar-refractivity contribution is 5.97. The summed E-state index contributed by atoms with van der Waals surface area (Å²) in [4.78, 5) is 22.6. The molecular formula is C28H26N6O2. The number of benzene rings is 3. The van der Waals surface area contributed by atoms with Crippen LogP contribution < -0.4 is 9.64 Å². The van der Waals surface area contributed by atoms with Gasteiger partial charge in [-0.3, -0.25) is 4.79 Å². The van der Waals surface area contributed by atoms with Crippen molar-refractivity contribution in [1.82, 2.24) is 24.5 Å². The first kappa shape index (κ1) is 22.0. The minimum absolute atomic E-state index is 0.0137. The van der Waals surface area contributed by atoms with Crippen LogP contribution in [0.2, 0.25) is 0 Å². The minimum atomic E-state index is -0.0137. The molecule has 0 spiro atoms. The summed E-state index contributed by atoms with van der Waals surface area (Å²) in [6.45, 7) is 2.66. The lowest BCUT2D eigenvalue weighted by Crippen LogP contribution is -2.36. The number of carbonyl (C=O) groups is 1. The molecule has 1 amide bonds. The van der Waals surface area contributed by atoms with Gasteiger partial charge >= 0.3 is 0 Å². The molecule has 0 radical (unpaired) electrons. The van der Waals surface area contributed by atoms with Gasteiger partial charge in [0.05, 0.1) is 18.2 Å². The summed E-state index contributed by atoms with van der Waals surface area (Å²) in [6, 6.07) is 25.5. The molecule has 6 rings (SSSR count). The summed E-state index contributed by atoms with van der Waals surface area (Å²) in [5, 5.41) is 10.1. The van der Waals surface area contributed by atoms with Crippen molar-refractivity contribution in [1.29, 1.82) is 0 Å². The van der Waals surface area contributed by atoms with E-state index >= 15 is 0 Å². The lowest BCUT2D eigenvalue weighted by Gasteiger charge is -2.24. The molecule has 2 aromatic heterocycles. The summed E-state index contributed by atoms with van der Waals surface area (Å²) < 4.78 is 7.48.